The molecule has 0 bridgehead atoms. The van der Waals surface area contributed by atoms with E-state index >= 15 is 0 Å². The molecule has 6 nitrogen and oxygen atoms in total. The van der Waals surface area contributed by atoms with Crippen LogP contribution in [0.5, 0.6) is 0 Å². The zero-order chi connectivity index (χ0) is 17.9. The molecule has 1 unspecified atom stereocenters. The van der Waals surface area contributed by atoms with E-state index in [4.69, 9.17) is 0 Å². The molecule has 0 amide bonds. The van der Waals surface area contributed by atoms with Gasteiger partial charge in [-0.2, -0.15) is 0 Å². The number of fused-ring (bicyclic) bond motifs is 1. The van der Waals surface area contributed by atoms with Gasteiger partial charge in [0.25, 0.3) is 0 Å². The number of nitrogens with zero attached hydrogens (tertiary/aromatic N) is 2. The van der Waals surface area contributed by atoms with Crippen molar-refractivity contribution in [3.8, 4) is 0 Å². The van der Waals surface area contributed by atoms with Gasteiger partial charge >= 0.3 is 0 Å². The molecular weight excluding hydrogens is 336 g/mol. The minimum absolute atomic E-state index is 0.0417. The number of benzene rings is 1. The molecule has 0 saturated carbocycles. The summed E-state index contributed by atoms with van der Waals surface area (Å²) >= 11 is 0. The molecule has 1 atom stereocenters. The number of anilines is 1. The number of guanidine groups is 1. The number of nitrogens with one attached hydrogen (secondary N) is 2. The van der Waals surface area contributed by atoms with Crippen molar-refractivity contribution in [3.05, 3.63) is 29.3 Å². The second-order valence-corrected chi connectivity index (χ2v) is 9.16. The Morgan fingerprint density at radius 1 is 1.40 bits per heavy atom. The van der Waals surface area contributed by atoms with E-state index in [1.54, 1.807) is 0 Å². The molecule has 138 valence electrons. The van der Waals surface area contributed by atoms with E-state index in [0.717, 1.165) is 19.5 Å². The Hall–Kier alpha value is -1.76. The van der Waals surface area contributed by atoms with E-state index < -0.39 is 9.84 Å². The summed E-state index contributed by atoms with van der Waals surface area (Å²) in [6, 6.07) is 6.52. The average Bonchev–Trinajstić information content (AvgIpc) is 2.91. The maximum absolute atomic E-state index is 11.6. The monoisotopic (exact) mass is 364 g/mol. The Kier molecular flexibility index (Phi) is 5.51. The van der Waals surface area contributed by atoms with Crippen LogP contribution in [0.3, 0.4) is 0 Å². The van der Waals surface area contributed by atoms with E-state index in [-0.39, 0.29) is 17.5 Å². The third-order valence-electron chi connectivity index (χ3n) is 4.83. The first kappa shape index (κ1) is 18.0. The summed E-state index contributed by atoms with van der Waals surface area (Å²) in [6.45, 7) is 4.46. The van der Waals surface area contributed by atoms with Crippen LogP contribution < -0.4 is 15.5 Å². The van der Waals surface area contributed by atoms with Crippen LogP contribution in [-0.2, 0) is 22.8 Å². The van der Waals surface area contributed by atoms with Gasteiger partial charge in [-0.25, -0.2) is 13.4 Å². The number of sulfone groups is 1. The molecule has 2 aliphatic rings. The number of aryl methyl sites for hydroxylation is 1. The van der Waals surface area contributed by atoms with E-state index in [2.05, 4.69) is 45.8 Å². The minimum atomic E-state index is -2.89. The second kappa shape index (κ2) is 7.64. The van der Waals surface area contributed by atoms with Gasteiger partial charge in [-0.3, -0.25) is 0 Å². The Balaban J connectivity index is 1.67. The molecule has 2 heterocycles. The number of hydrogen-bond donors (Lipinski definition) is 2. The highest BCUT2D eigenvalue weighted by molar-refractivity contribution is 7.91. The summed E-state index contributed by atoms with van der Waals surface area (Å²) in [6.07, 6.45) is 2.96. The minimum Gasteiger partial charge on any atom is -0.374 e. The summed E-state index contributed by atoms with van der Waals surface area (Å²) < 4.78 is 23.2. The smallest absolute Gasteiger partial charge is 0.191 e. The van der Waals surface area contributed by atoms with E-state index in [9.17, 15) is 8.42 Å². The van der Waals surface area contributed by atoms with Crippen molar-refractivity contribution < 1.29 is 8.42 Å². The Morgan fingerprint density at radius 2 is 2.24 bits per heavy atom. The molecule has 0 spiro atoms. The molecule has 2 N–H and O–H groups in total. The van der Waals surface area contributed by atoms with Gasteiger partial charge in [0.2, 0.25) is 0 Å². The Labute approximate surface area is 150 Å². The highest BCUT2D eigenvalue weighted by atomic mass is 32.2. The predicted molar refractivity (Wildman–Crippen MR) is 103 cm³/mol. The fourth-order valence-electron chi connectivity index (χ4n) is 3.53. The normalized spacial score (nSPS) is 22.6. The lowest BCUT2D eigenvalue weighted by Crippen LogP contribution is -2.44. The Bertz CT molecular complexity index is 745. The van der Waals surface area contributed by atoms with Gasteiger partial charge < -0.3 is 15.5 Å². The average molecular weight is 365 g/mol. The van der Waals surface area contributed by atoms with Gasteiger partial charge in [0.1, 0.15) is 0 Å². The SMILES string of the molecule is CCNC(=NCc1ccc2c(c1)CCCN2C)NC1CCS(=O)(=O)C1. The van der Waals surface area contributed by atoms with Crippen molar-refractivity contribution in [3.63, 3.8) is 0 Å². The molecule has 1 aromatic rings. The molecule has 0 radical (unpaired) electrons. The molecule has 0 aromatic heterocycles. The molecular formula is C18H28N4O2S. The van der Waals surface area contributed by atoms with E-state index in [1.165, 1.54) is 23.2 Å². The Morgan fingerprint density at radius 3 is 2.96 bits per heavy atom. The van der Waals surface area contributed by atoms with Gasteiger partial charge in [-0.05, 0) is 43.4 Å². The first-order valence-electron chi connectivity index (χ1n) is 9.05. The van der Waals surface area contributed by atoms with Gasteiger partial charge in [0.05, 0.1) is 18.1 Å². The molecule has 3 rings (SSSR count). The molecule has 1 fully saturated rings. The van der Waals surface area contributed by atoms with Gasteiger partial charge in [0, 0.05) is 31.9 Å². The topological polar surface area (TPSA) is 73.8 Å². The van der Waals surface area contributed by atoms with E-state index in [0.29, 0.717) is 18.9 Å². The molecule has 7 heteroatoms. The first-order valence-corrected chi connectivity index (χ1v) is 10.9. The molecule has 25 heavy (non-hydrogen) atoms. The van der Waals surface area contributed by atoms with Gasteiger partial charge in [-0.15, -0.1) is 0 Å². The van der Waals surface area contributed by atoms with Crippen molar-refractivity contribution >= 4 is 21.5 Å². The highest BCUT2D eigenvalue weighted by Gasteiger charge is 2.28. The lowest BCUT2D eigenvalue weighted by Gasteiger charge is -2.27. The number of aliphatic imine (C=N–C) groups is 1. The van der Waals surface area contributed by atoms with Crippen molar-refractivity contribution in [2.75, 3.05) is 36.5 Å². The maximum Gasteiger partial charge on any atom is 0.191 e. The largest absolute Gasteiger partial charge is 0.374 e. The van der Waals surface area contributed by atoms with Crippen LogP contribution in [0.2, 0.25) is 0 Å². The lowest BCUT2D eigenvalue weighted by molar-refractivity contribution is 0.599. The highest BCUT2D eigenvalue weighted by Crippen LogP contribution is 2.27. The quantitative estimate of drug-likeness (QED) is 0.622. The van der Waals surface area contributed by atoms with Crippen LogP contribution in [0.1, 0.15) is 30.9 Å². The van der Waals surface area contributed by atoms with Crippen LogP contribution in [0.15, 0.2) is 23.2 Å². The van der Waals surface area contributed by atoms with Gasteiger partial charge in [0.15, 0.2) is 15.8 Å². The van der Waals surface area contributed by atoms with Crippen molar-refractivity contribution in [1.29, 1.82) is 0 Å². The van der Waals surface area contributed by atoms with Crippen LogP contribution in [0, 0.1) is 0 Å². The summed E-state index contributed by atoms with van der Waals surface area (Å²) in [5.41, 5.74) is 3.90. The number of rotatable bonds is 4. The first-order chi connectivity index (χ1) is 12.0. The van der Waals surface area contributed by atoms with Crippen LogP contribution >= 0.6 is 0 Å². The third kappa shape index (κ3) is 4.66. The van der Waals surface area contributed by atoms with E-state index in [1.807, 2.05) is 6.92 Å². The molecule has 0 aliphatic carbocycles. The zero-order valence-electron chi connectivity index (χ0n) is 15.1. The predicted octanol–water partition coefficient (Wildman–Crippen LogP) is 1.31. The molecule has 1 aromatic carbocycles. The van der Waals surface area contributed by atoms with Crippen molar-refractivity contribution in [2.24, 2.45) is 4.99 Å². The maximum atomic E-state index is 11.6. The van der Waals surface area contributed by atoms with Crippen LogP contribution in [0.4, 0.5) is 5.69 Å². The zero-order valence-corrected chi connectivity index (χ0v) is 15.9. The van der Waals surface area contributed by atoms with Crippen LogP contribution in [-0.4, -0.2) is 52.1 Å². The fraction of sp³-hybridized carbons (Fsp3) is 0.611. The van der Waals surface area contributed by atoms with Gasteiger partial charge in [-0.1, -0.05) is 12.1 Å². The summed E-state index contributed by atoms with van der Waals surface area (Å²) in [5.74, 6) is 1.16. The molecule has 2 aliphatic heterocycles. The molecule has 1 saturated heterocycles. The summed E-state index contributed by atoms with van der Waals surface area (Å²) in [4.78, 5) is 6.95. The van der Waals surface area contributed by atoms with Crippen molar-refractivity contribution in [2.45, 2.75) is 38.8 Å². The summed E-state index contributed by atoms with van der Waals surface area (Å²) in [5, 5.41) is 6.48. The van der Waals surface area contributed by atoms with Crippen LogP contribution in [0.25, 0.3) is 0 Å². The lowest BCUT2D eigenvalue weighted by atomic mass is 10.00. The fourth-order valence-corrected chi connectivity index (χ4v) is 5.20. The third-order valence-corrected chi connectivity index (χ3v) is 6.60. The summed E-state index contributed by atoms with van der Waals surface area (Å²) in [7, 11) is -0.751. The number of hydrogen-bond acceptors (Lipinski definition) is 4. The second-order valence-electron chi connectivity index (χ2n) is 6.93. The van der Waals surface area contributed by atoms with Crippen molar-refractivity contribution in [1.82, 2.24) is 10.6 Å². The standard InChI is InChI=1S/C18H28N4O2S/c1-3-19-18(21-16-8-10-25(23,24)13-16)20-12-14-6-7-17-15(11-14)5-4-9-22(17)2/h6-7,11,16H,3-5,8-10,12-13H2,1-2H3,(H2,19,20,21).